The molecular weight excluding hydrogens is 270 g/mol. The first kappa shape index (κ1) is 15.4. The molecular formula is C15H25N3OS. The Morgan fingerprint density at radius 3 is 2.85 bits per heavy atom. The van der Waals surface area contributed by atoms with Crippen LogP contribution < -0.4 is 5.73 Å². The first-order valence-corrected chi connectivity index (χ1v) is 8.24. The average Bonchev–Trinajstić information content (AvgIpc) is 2.87. The predicted octanol–water partition coefficient (Wildman–Crippen LogP) is 2.32. The summed E-state index contributed by atoms with van der Waals surface area (Å²) in [6, 6.07) is 0.219. The SMILES string of the molecule is CC(C)(C)c1nc(CC(=O)N2CCCCC2CN)cs1. The monoisotopic (exact) mass is 295 g/mol. The molecule has 0 radical (unpaired) electrons. The van der Waals surface area contributed by atoms with Gasteiger partial charge in [-0.05, 0) is 19.3 Å². The van der Waals surface area contributed by atoms with Gasteiger partial charge >= 0.3 is 0 Å². The minimum absolute atomic E-state index is 0.0525. The van der Waals surface area contributed by atoms with Gasteiger partial charge in [0.25, 0.3) is 0 Å². The van der Waals surface area contributed by atoms with E-state index in [1.165, 1.54) is 6.42 Å². The smallest absolute Gasteiger partial charge is 0.228 e. The van der Waals surface area contributed by atoms with Gasteiger partial charge in [-0.25, -0.2) is 4.98 Å². The molecule has 1 unspecified atom stereocenters. The molecule has 0 aromatic carbocycles. The van der Waals surface area contributed by atoms with Crippen LogP contribution in [-0.4, -0.2) is 34.9 Å². The number of piperidine rings is 1. The minimum atomic E-state index is 0.0525. The van der Waals surface area contributed by atoms with Crippen molar-refractivity contribution in [2.45, 2.75) is 57.9 Å². The number of hydrogen-bond acceptors (Lipinski definition) is 4. The summed E-state index contributed by atoms with van der Waals surface area (Å²) in [7, 11) is 0. The molecule has 112 valence electrons. The normalized spacial score (nSPS) is 20.2. The van der Waals surface area contributed by atoms with Crippen molar-refractivity contribution in [3.63, 3.8) is 0 Å². The largest absolute Gasteiger partial charge is 0.338 e. The van der Waals surface area contributed by atoms with Crippen molar-refractivity contribution < 1.29 is 4.79 Å². The highest BCUT2D eigenvalue weighted by atomic mass is 32.1. The Morgan fingerprint density at radius 1 is 1.50 bits per heavy atom. The second-order valence-corrected chi connectivity index (χ2v) is 7.40. The molecule has 0 saturated carbocycles. The summed E-state index contributed by atoms with van der Waals surface area (Å²) in [6.45, 7) is 7.85. The molecule has 0 bridgehead atoms. The topological polar surface area (TPSA) is 59.2 Å². The van der Waals surface area contributed by atoms with Gasteiger partial charge in [-0.1, -0.05) is 20.8 Å². The molecule has 5 heteroatoms. The lowest BCUT2D eigenvalue weighted by Gasteiger charge is -2.35. The number of amides is 1. The maximum Gasteiger partial charge on any atom is 0.228 e. The van der Waals surface area contributed by atoms with Crippen molar-refractivity contribution >= 4 is 17.2 Å². The Bertz CT molecular complexity index is 464. The van der Waals surface area contributed by atoms with E-state index in [4.69, 9.17) is 5.73 Å². The molecule has 1 aliphatic rings. The molecule has 2 heterocycles. The van der Waals surface area contributed by atoms with E-state index in [2.05, 4.69) is 25.8 Å². The standard InChI is InChI=1S/C15H25N3OS/c1-15(2,3)14-17-11(10-20-14)8-13(19)18-7-5-4-6-12(18)9-16/h10,12H,4-9,16H2,1-3H3. The first-order chi connectivity index (χ1) is 9.41. The zero-order chi connectivity index (χ0) is 14.8. The molecule has 1 amide bonds. The van der Waals surface area contributed by atoms with Crippen LogP contribution in [0.5, 0.6) is 0 Å². The Labute approximate surface area is 125 Å². The van der Waals surface area contributed by atoms with Crippen molar-refractivity contribution in [2.24, 2.45) is 5.73 Å². The number of carbonyl (C=O) groups is 1. The fraction of sp³-hybridized carbons (Fsp3) is 0.733. The molecule has 0 spiro atoms. The number of aromatic nitrogens is 1. The lowest BCUT2D eigenvalue weighted by molar-refractivity contribution is -0.133. The highest BCUT2D eigenvalue weighted by Gasteiger charge is 2.26. The molecule has 1 aromatic rings. The highest BCUT2D eigenvalue weighted by Crippen LogP contribution is 2.26. The maximum absolute atomic E-state index is 12.4. The summed E-state index contributed by atoms with van der Waals surface area (Å²) in [5, 5.41) is 3.11. The highest BCUT2D eigenvalue weighted by molar-refractivity contribution is 7.09. The summed E-state index contributed by atoms with van der Waals surface area (Å²) < 4.78 is 0. The van der Waals surface area contributed by atoms with Crippen LogP contribution in [-0.2, 0) is 16.6 Å². The fourth-order valence-corrected chi connectivity index (χ4v) is 3.47. The van der Waals surface area contributed by atoms with Crippen LogP contribution in [0.15, 0.2) is 5.38 Å². The second-order valence-electron chi connectivity index (χ2n) is 6.54. The third-order valence-electron chi connectivity index (χ3n) is 3.75. The third kappa shape index (κ3) is 3.58. The van der Waals surface area contributed by atoms with Gasteiger partial charge in [0.1, 0.15) is 0 Å². The van der Waals surface area contributed by atoms with Crippen LogP contribution in [0.3, 0.4) is 0 Å². The van der Waals surface area contributed by atoms with E-state index in [0.29, 0.717) is 13.0 Å². The number of hydrogen-bond donors (Lipinski definition) is 1. The summed E-state index contributed by atoms with van der Waals surface area (Å²) >= 11 is 1.65. The Balaban J connectivity index is 2.02. The summed E-state index contributed by atoms with van der Waals surface area (Å²) in [6.07, 6.45) is 3.71. The molecule has 1 saturated heterocycles. The molecule has 0 aliphatic carbocycles. The molecule has 4 nitrogen and oxygen atoms in total. The van der Waals surface area contributed by atoms with Crippen LogP contribution in [0.25, 0.3) is 0 Å². The van der Waals surface area contributed by atoms with Gasteiger partial charge in [0.2, 0.25) is 5.91 Å². The third-order valence-corrected chi connectivity index (χ3v) is 5.06. The fourth-order valence-electron chi connectivity index (χ4n) is 2.56. The Hall–Kier alpha value is -0.940. The zero-order valence-corrected chi connectivity index (χ0v) is 13.5. The van der Waals surface area contributed by atoms with E-state index in [-0.39, 0.29) is 17.4 Å². The van der Waals surface area contributed by atoms with Crippen molar-refractivity contribution in [2.75, 3.05) is 13.1 Å². The number of nitrogens with two attached hydrogens (primary N) is 1. The van der Waals surface area contributed by atoms with E-state index >= 15 is 0 Å². The van der Waals surface area contributed by atoms with Crippen molar-refractivity contribution in [1.82, 2.24) is 9.88 Å². The summed E-state index contributed by atoms with van der Waals surface area (Å²) in [4.78, 5) is 19.0. The molecule has 1 atom stereocenters. The van der Waals surface area contributed by atoms with Gasteiger partial charge in [0, 0.05) is 29.9 Å². The lowest BCUT2D eigenvalue weighted by atomic mass is 9.98. The van der Waals surface area contributed by atoms with Crippen molar-refractivity contribution in [3.05, 3.63) is 16.1 Å². The van der Waals surface area contributed by atoms with Crippen LogP contribution in [0.4, 0.5) is 0 Å². The Morgan fingerprint density at radius 2 is 2.25 bits per heavy atom. The maximum atomic E-state index is 12.4. The molecule has 2 N–H and O–H groups in total. The number of thiazole rings is 1. The predicted molar refractivity (Wildman–Crippen MR) is 82.9 cm³/mol. The summed E-state index contributed by atoms with van der Waals surface area (Å²) in [5.41, 5.74) is 6.73. The van der Waals surface area contributed by atoms with Gasteiger partial charge in [-0.15, -0.1) is 11.3 Å². The minimum Gasteiger partial charge on any atom is -0.338 e. The van der Waals surface area contributed by atoms with E-state index in [1.54, 1.807) is 11.3 Å². The van der Waals surface area contributed by atoms with Gasteiger partial charge in [0.15, 0.2) is 0 Å². The number of likely N-dealkylation sites (tertiary alicyclic amines) is 1. The van der Waals surface area contributed by atoms with Crippen LogP contribution in [0.2, 0.25) is 0 Å². The van der Waals surface area contributed by atoms with Gasteiger partial charge in [-0.2, -0.15) is 0 Å². The molecule has 20 heavy (non-hydrogen) atoms. The van der Waals surface area contributed by atoms with E-state index in [9.17, 15) is 4.79 Å². The van der Waals surface area contributed by atoms with E-state index < -0.39 is 0 Å². The van der Waals surface area contributed by atoms with Gasteiger partial charge < -0.3 is 10.6 Å². The lowest BCUT2D eigenvalue weighted by Crippen LogP contribution is -2.48. The number of carbonyl (C=O) groups excluding carboxylic acids is 1. The number of rotatable bonds is 3. The molecule has 1 fully saturated rings. The summed E-state index contributed by atoms with van der Waals surface area (Å²) in [5.74, 6) is 0.172. The van der Waals surface area contributed by atoms with E-state index in [1.807, 2.05) is 10.3 Å². The van der Waals surface area contributed by atoms with Crippen LogP contribution in [0, 0.1) is 0 Å². The van der Waals surface area contributed by atoms with E-state index in [0.717, 1.165) is 30.1 Å². The molecule has 1 aromatic heterocycles. The van der Waals surface area contributed by atoms with Crippen LogP contribution >= 0.6 is 11.3 Å². The zero-order valence-electron chi connectivity index (χ0n) is 12.7. The Kier molecular flexibility index (Phi) is 4.81. The molecule has 1 aliphatic heterocycles. The van der Waals surface area contributed by atoms with Crippen molar-refractivity contribution in [1.29, 1.82) is 0 Å². The van der Waals surface area contributed by atoms with Crippen LogP contribution in [0.1, 0.15) is 50.7 Å². The van der Waals surface area contributed by atoms with Gasteiger partial charge in [0.05, 0.1) is 17.1 Å². The first-order valence-electron chi connectivity index (χ1n) is 7.36. The molecule has 2 rings (SSSR count). The quantitative estimate of drug-likeness (QED) is 0.931. The second kappa shape index (κ2) is 6.22. The van der Waals surface area contributed by atoms with Gasteiger partial charge in [-0.3, -0.25) is 4.79 Å². The number of nitrogens with zero attached hydrogens (tertiary/aromatic N) is 2. The van der Waals surface area contributed by atoms with Crippen molar-refractivity contribution in [3.8, 4) is 0 Å². The average molecular weight is 295 g/mol.